The lowest BCUT2D eigenvalue weighted by molar-refractivity contribution is -0.143. The van der Waals surface area contributed by atoms with E-state index in [9.17, 15) is 4.79 Å². The molecule has 1 aromatic heterocycles. The highest BCUT2D eigenvalue weighted by atomic mass is 16.5. The van der Waals surface area contributed by atoms with Gasteiger partial charge >= 0.3 is 5.97 Å². The van der Waals surface area contributed by atoms with E-state index < -0.39 is 0 Å². The van der Waals surface area contributed by atoms with E-state index in [0.717, 1.165) is 0 Å². The lowest BCUT2D eigenvalue weighted by Crippen LogP contribution is -2.10. The first kappa shape index (κ1) is 8.77. The van der Waals surface area contributed by atoms with E-state index >= 15 is 0 Å². The van der Waals surface area contributed by atoms with Crippen molar-refractivity contribution in [1.82, 2.24) is 9.78 Å². The molecule has 0 N–H and O–H groups in total. The largest absolute Gasteiger partial charge is 0.464 e. The smallest absolute Gasteiger partial charge is 0.305 e. The minimum Gasteiger partial charge on any atom is -0.464 e. The van der Waals surface area contributed by atoms with Crippen molar-refractivity contribution in [3.8, 4) is 0 Å². The van der Waals surface area contributed by atoms with E-state index in [2.05, 4.69) is 5.10 Å². The first-order chi connectivity index (χ1) is 5.83. The zero-order valence-electron chi connectivity index (χ0n) is 7.06. The van der Waals surface area contributed by atoms with Crippen molar-refractivity contribution < 1.29 is 9.53 Å². The SMILES string of the molecule is CCC(=O)OCCn1cccn1. The van der Waals surface area contributed by atoms with Gasteiger partial charge in [0.05, 0.1) is 6.54 Å². The molecule has 0 atom stereocenters. The van der Waals surface area contributed by atoms with Gasteiger partial charge in [-0.2, -0.15) is 5.10 Å². The summed E-state index contributed by atoms with van der Waals surface area (Å²) in [6, 6.07) is 1.83. The second-order valence-corrected chi connectivity index (χ2v) is 2.34. The molecule has 4 nitrogen and oxygen atoms in total. The van der Waals surface area contributed by atoms with Gasteiger partial charge in [0.25, 0.3) is 0 Å². The van der Waals surface area contributed by atoms with Crippen LogP contribution in [0.4, 0.5) is 0 Å². The van der Waals surface area contributed by atoms with Crippen LogP contribution in [0.25, 0.3) is 0 Å². The van der Waals surface area contributed by atoms with Gasteiger partial charge in [-0.1, -0.05) is 6.92 Å². The molecule has 1 heterocycles. The van der Waals surface area contributed by atoms with E-state index in [1.54, 1.807) is 17.8 Å². The maximum atomic E-state index is 10.7. The van der Waals surface area contributed by atoms with Crippen LogP contribution in [-0.4, -0.2) is 22.4 Å². The predicted molar refractivity (Wildman–Crippen MR) is 43.5 cm³/mol. The minimum atomic E-state index is -0.165. The summed E-state index contributed by atoms with van der Waals surface area (Å²) in [6.07, 6.45) is 3.96. The molecule has 0 amide bonds. The monoisotopic (exact) mass is 168 g/mol. The van der Waals surface area contributed by atoms with E-state index in [0.29, 0.717) is 19.6 Å². The average molecular weight is 168 g/mol. The fourth-order valence-electron chi connectivity index (χ4n) is 0.788. The molecule has 0 radical (unpaired) electrons. The zero-order valence-corrected chi connectivity index (χ0v) is 7.06. The Bertz CT molecular complexity index is 231. The normalized spacial score (nSPS) is 9.75. The van der Waals surface area contributed by atoms with Crippen molar-refractivity contribution in [1.29, 1.82) is 0 Å². The molecule has 0 aliphatic carbocycles. The van der Waals surface area contributed by atoms with Gasteiger partial charge in [0.15, 0.2) is 0 Å². The van der Waals surface area contributed by atoms with E-state index in [1.807, 2.05) is 12.3 Å². The van der Waals surface area contributed by atoms with Crippen LogP contribution in [0.3, 0.4) is 0 Å². The van der Waals surface area contributed by atoms with Crippen LogP contribution in [-0.2, 0) is 16.1 Å². The third-order valence-electron chi connectivity index (χ3n) is 1.43. The molecule has 4 heteroatoms. The Morgan fingerprint density at radius 1 is 1.67 bits per heavy atom. The van der Waals surface area contributed by atoms with Crippen LogP contribution >= 0.6 is 0 Å². The van der Waals surface area contributed by atoms with Crippen molar-refractivity contribution in [3.63, 3.8) is 0 Å². The highest BCUT2D eigenvalue weighted by molar-refractivity contribution is 5.68. The molecule has 66 valence electrons. The Kier molecular flexibility index (Phi) is 3.32. The van der Waals surface area contributed by atoms with Gasteiger partial charge < -0.3 is 4.74 Å². The Labute approximate surface area is 71.1 Å². The summed E-state index contributed by atoms with van der Waals surface area (Å²) in [5.41, 5.74) is 0. The molecule has 0 saturated heterocycles. The van der Waals surface area contributed by atoms with E-state index in [1.165, 1.54) is 0 Å². The van der Waals surface area contributed by atoms with Crippen LogP contribution in [0.5, 0.6) is 0 Å². The first-order valence-corrected chi connectivity index (χ1v) is 3.96. The maximum absolute atomic E-state index is 10.7. The molecule has 0 saturated carbocycles. The van der Waals surface area contributed by atoms with Crippen molar-refractivity contribution >= 4 is 5.97 Å². The van der Waals surface area contributed by atoms with Crippen LogP contribution in [0.15, 0.2) is 18.5 Å². The molecule has 1 rings (SSSR count). The molecule has 0 aromatic carbocycles. The second-order valence-electron chi connectivity index (χ2n) is 2.34. The summed E-state index contributed by atoms with van der Waals surface area (Å²) in [4.78, 5) is 10.7. The Balaban J connectivity index is 2.15. The number of aromatic nitrogens is 2. The van der Waals surface area contributed by atoms with Crippen LogP contribution in [0.2, 0.25) is 0 Å². The topological polar surface area (TPSA) is 44.1 Å². The molecule has 0 spiro atoms. The third-order valence-corrected chi connectivity index (χ3v) is 1.43. The molecule has 0 fully saturated rings. The fraction of sp³-hybridized carbons (Fsp3) is 0.500. The zero-order chi connectivity index (χ0) is 8.81. The molecule has 0 aliphatic heterocycles. The molecule has 1 aromatic rings. The number of hydrogen-bond acceptors (Lipinski definition) is 3. The minimum absolute atomic E-state index is 0.165. The second kappa shape index (κ2) is 4.54. The maximum Gasteiger partial charge on any atom is 0.305 e. The van der Waals surface area contributed by atoms with Crippen molar-refractivity contribution in [2.45, 2.75) is 19.9 Å². The predicted octanol–water partition coefficient (Wildman–Crippen LogP) is 0.836. The van der Waals surface area contributed by atoms with Crippen LogP contribution < -0.4 is 0 Å². The lowest BCUT2D eigenvalue weighted by atomic mass is 10.5. The highest BCUT2D eigenvalue weighted by Gasteiger charge is 1.97. The number of carbonyl (C=O) groups is 1. The van der Waals surface area contributed by atoms with Crippen molar-refractivity contribution in [3.05, 3.63) is 18.5 Å². The average Bonchev–Trinajstić information content (AvgIpc) is 2.57. The van der Waals surface area contributed by atoms with Gasteiger partial charge in [-0.05, 0) is 6.07 Å². The van der Waals surface area contributed by atoms with Gasteiger partial charge in [-0.25, -0.2) is 0 Å². The standard InChI is InChI=1S/C8H12N2O2/c1-2-8(11)12-7-6-10-5-3-4-9-10/h3-5H,2,6-7H2,1H3. The van der Waals surface area contributed by atoms with Crippen molar-refractivity contribution in [2.24, 2.45) is 0 Å². The van der Waals surface area contributed by atoms with Crippen LogP contribution in [0, 0.1) is 0 Å². The van der Waals surface area contributed by atoms with E-state index in [4.69, 9.17) is 4.74 Å². The Morgan fingerprint density at radius 2 is 2.50 bits per heavy atom. The molecular formula is C8H12N2O2. The number of esters is 1. The molecular weight excluding hydrogens is 156 g/mol. The number of carbonyl (C=O) groups excluding carboxylic acids is 1. The van der Waals surface area contributed by atoms with Gasteiger partial charge in [-0.3, -0.25) is 9.48 Å². The van der Waals surface area contributed by atoms with Gasteiger partial charge in [0.1, 0.15) is 6.61 Å². The van der Waals surface area contributed by atoms with Crippen molar-refractivity contribution in [2.75, 3.05) is 6.61 Å². The summed E-state index contributed by atoms with van der Waals surface area (Å²) in [7, 11) is 0. The summed E-state index contributed by atoms with van der Waals surface area (Å²) in [6.45, 7) is 2.79. The number of ether oxygens (including phenoxy) is 1. The highest BCUT2D eigenvalue weighted by Crippen LogP contribution is 1.88. The van der Waals surface area contributed by atoms with Gasteiger partial charge in [0.2, 0.25) is 0 Å². The molecule has 0 unspecified atom stereocenters. The van der Waals surface area contributed by atoms with Gasteiger partial charge in [0, 0.05) is 18.8 Å². The third kappa shape index (κ3) is 2.74. The molecule has 0 bridgehead atoms. The number of nitrogens with zero attached hydrogens (tertiary/aromatic N) is 2. The first-order valence-electron chi connectivity index (χ1n) is 3.96. The summed E-state index contributed by atoms with van der Waals surface area (Å²) >= 11 is 0. The summed E-state index contributed by atoms with van der Waals surface area (Å²) in [5, 5.41) is 3.96. The fourth-order valence-corrected chi connectivity index (χ4v) is 0.788. The summed E-state index contributed by atoms with van der Waals surface area (Å²) in [5.74, 6) is -0.165. The Morgan fingerprint density at radius 3 is 3.08 bits per heavy atom. The molecule has 12 heavy (non-hydrogen) atoms. The van der Waals surface area contributed by atoms with Crippen LogP contribution in [0.1, 0.15) is 13.3 Å². The number of rotatable bonds is 4. The lowest BCUT2D eigenvalue weighted by Gasteiger charge is -2.02. The molecule has 0 aliphatic rings. The summed E-state index contributed by atoms with van der Waals surface area (Å²) < 4.78 is 6.59. The Hall–Kier alpha value is -1.32. The van der Waals surface area contributed by atoms with E-state index in [-0.39, 0.29) is 5.97 Å². The van der Waals surface area contributed by atoms with Gasteiger partial charge in [-0.15, -0.1) is 0 Å². The number of hydrogen-bond donors (Lipinski definition) is 0. The quantitative estimate of drug-likeness (QED) is 0.625.